The number of esters is 1. The van der Waals surface area contributed by atoms with Crippen molar-refractivity contribution in [3.63, 3.8) is 0 Å². The third-order valence-corrected chi connectivity index (χ3v) is 3.03. The SMILES string of the molecule is CCOC(=O)C(c1nc(COC)no1)c1ccccc1C. The number of methoxy groups -OCH3 is 1. The highest BCUT2D eigenvalue weighted by Crippen LogP contribution is 2.27. The molecule has 0 saturated heterocycles. The Morgan fingerprint density at radius 3 is 2.81 bits per heavy atom. The molecular weight excluding hydrogens is 272 g/mol. The summed E-state index contributed by atoms with van der Waals surface area (Å²) in [5.41, 5.74) is 1.76. The molecule has 0 saturated carbocycles. The van der Waals surface area contributed by atoms with E-state index in [1.807, 2.05) is 31.2 Å². The number of aromatic nitrogens is 2. The van der Waals surface area contributed by atoms with Crippen molar-refractivity contribution >= 4 is 5.97 Å². The van der Waals surface area contributed by atoms with Crippen molar-refractivity contribution in [1.82, 2.24) is 10.1 Å². The third-order valence-electron chi connectivity index (χ3n) is 3.03. The minimum absolute atomic E-state index is 0.217. The summed E-state index contributed by atoms with van der Waals surface area (Å²) in [5.74, 6) is -0.506. The predicted molar refractivity (Wildman–Crippen MR) is 74.7 cm³/mol. The fraction of sp³-hybridized carbons (Fsp3) is 0.400. The Hall–Kier alpha value is -2.21. The predicted octanol–water partition coefficient (Wildman–Crippen LogP) is 2.22. The van der Waals surface area contributed by atoms with Gasteiger partial charge in [0.1, 0.15) is 6.61 Å². The number of benzene rings is 1. The van der Waals surface area contributed by atoms with Gasteiger partial charge in [-0.15, -0.1) is 0 Å². The number of aryl methyl sites for hydroxylation is 1. The van der Waals surface area contributed by atoms with E-state index >= 15 is 0 Å². The van der Waals surface area contributed by atoms with E-state index in [0.29, 0.717) is 12.4 Å². The molecule has 0 aliphatic carbocycles. The van der Waals surface area contributed by atoms with Gasteiger partial charge in [0.15, 0.2) is 11.7 Å². The van der Waals surface area contributed by atoms with Crippen LogP contribution in [-0.4, -0.2) is 29.8 Å². The van der Waals surface area contributed by atoms with Gasteiger partial charge in [0, 0.05) is 7.11 Å². The molecule has 1 unspecified atom stereocenters. The van der Waals surface area contributed by atoms with Crippen LogP contribution in [0, 0.1) is 6.92 Å². The van der Waals surface area contributed by atoms with Gasteiger partial charge in [0.2, 0.25) is 5.89 Å². The summed E-state index contributed by atoms with van der Waals surface area (Å²) in [4.78, 5) is 16.5. The standard InChI is InChI=1S/C15H18N2O4/c1-4-20-15(18)13(11-8-6-5-7-10(11)2)14-16-12(9-19-3)17-21-14/h5-8,13H,4,9H2,1-3H3. The summed E-state index contributed by atoms with van der Waals surface area (Å²) < 4.78 is 15.3. The lowest BCUT2D eigenvalue weighted by atomic mass is 9.95. The van der Waals surface area contributed by atoms with Crippen molar-refractivity contribution in [1.29, 1.82) is 0 Å². The van der Waals surface area contributed by atoms with Crippen LogP contribution in [0.15, 0.2) is 28.8 Å². The normalized spacial score (nSPS) is 12.1. The Bertz CT molecular complexity index is 609. The lowest BCUT2D eigenvalue weighted by molar-refractivity contribution is -0.144. The van der Waals surface area contributed by atoms with E-state index in [9.17, 15) is 4.79 Å². The molecule has 6 heteroatoms. The molecule has 0 aliphatic heterocycles. The molecule has 21 heavy (non-hydrogen) atoms. The summed E-state index contributed by atoms with van der Waals surface area (Å²) in [5, 5.41) is 3.81. The summed E-state index contributed by atoms with van der Waals surface area (Å²) in [7, 11) is 1.54. The van der Waals surface area contributed by atoms with Gasteiger partial charge in [0.25, 0.3) is 0 Å². The van der Waals surface area contributed by atoms with E-state index in [2.05, 4.69) is 10.1 Å². The monoisotopic (exact) mass is 290 g/mol. The van der Waals surface area contributed by atoms with Gasteiger partial charge in [-0.05, 0) is 25.0 Å². The second-order valence-corrected chi connectivity index (χ2v) is 4.52. The van der Waals surface area contributed by atoms with Crippen LogP contribution in [0.2, 0.25) is 0 Å². The van der Waals surface area contributed by atoms with E-state index < -0.39 is 11.9 Å². The average molecular weight is 290 g/mol. The smallest absolute Gasteiger partial charge is 0.323 e. The molecule has 0 N–H and O–H groups in total. The quantitative estimate of drug-likeness (QED) is 0.759. The van der Waals surface area contributed by atoms with Gasteiger partial charge in [-0.1, -0.05) is 29.4 Å². The first-order valence-corrected chi connectivity index (χ1v) is 6.71. The van der Waals surface area contributed by atoms with Crippen molar-refractivity contribution in [2.45, 2.75) is 26.4 Å². The lowest BCUT2D eigenvalue weighted by Crippen LogP contribution is -2.18. The Morgan fingerprint density at radius 2 is 2.14 bits per heavy atom. The van der Waals surface area contributed by atoms with Crippen molar-refractivity contribution < 1.29 is 18.8 Å². The van der Waals surface area contributed by atoms with E-state index in [0.717, 1.165) is 11.1 Å². The van der Waals surface area contributed by atoms with Gasteiger partial charge in [-0.3, -0.25) is 4.79 Å². The Kier molecular flexibility index (Phi) is 5.05. The van der Waals surface area contributed by atoms with Crippen LogP contribution in [0.25, 0.3) is 0 Å². The highest BCUT2D eigenvalue weighted by Gasteiger charge is 2.31. The molecule has 0 radical (unpaired) electrons. The van der Waals surface area contributed by atoms with Gasteiger partial charge in [0.05, 0.1) is 6.61 Å². The zero-order chi connectivity index (χ0) is 15.2. The molecule has 1 heterocycles. The number of ether oxygens (including phenoxy) is 2. The largest absolute Gasteiger partial charge is 0.465 e. The highest BCUT2D eigenvalue weighted by atomic mass is 16.5. The third kappa shape index (κ3) is 3.46. The molecule has 1 aromatic heterocycles. The molecule has 0 bridgehead atoms. The van der Waals surface area contributed by atoms with Crippen LogP contribution in [0.5, 0.6) is 0 Å². The number of hydrogen-bond acceptors (Lipinski definition) is 6. The first-order valence-electron chi connectivity index (χ1n) is 6.71. The average Bonchev–Trinajstić information content (AvgIpc) is 2.90. The minimum Gasteiger partial charge on any atom is -0.465 e. The topological polar surface area (TPSA) is 74.5 Å². The summed E-state index contributed by atoms with van der Waals surface area (Å²) >= 11 is 0. The van der Waals surface area contributed by atoms with Crippen LogP contribution in [0.3, 0.4) is 0 Å². The Morgan fingerprint density at radius 1 is 1.38 bits per heavy atom. The van der Waals surface area contributed by atoms with Crippen LogP contribution in [-0.2, 0) is 20.9 Å². The zero-order valence-electron chi connectivity index (χ0n) is 12.3. The number of rotatable bonds is 6. The second kappa shape index (κ2) is 6.99. The van der Waals surface area contributed by atoms with Gasteiger partial charge in [-0.2, -0.15) is 4.98 Å². The summed E-state index contributed by atoms with van der Waals surface area (Å²) in [6, 6.07) is 7.55. The molecular formula is C15H18N2O4. The molecule has 0 fully saturated rings. The molecule has 1 atom stereocenters. The molecule has 2 aromatic rings. The first kappa shape index (κ1) is 15.2. The zero-order valence-corrected chi connectivity index (χ0v) is 12.3. The number of nitrogens with zero attached hydrogens (tertiary/aromatic N) is 2. The van der Waals surface area contributed by atoms with E-state index in [1.54, 1.807) is 14.0 Å². The van der Waals surface area contributed by atoms with Gasteiger partial charge < -0.3 is 14.0 Å². The van der Waals surface area contributed by atoms with Gasteiger partial charge >= 0.3 is 5.97 Å². The maximum absolute atomic E-state index is 12.3. The first-order chi connectivity index (χ1) is 10.2. The van der Waals surface area contributed by atoms with Crippen molar-refractivity contribution in [3.8, 4) is 0 Å². The molecule has 1 aromatic carbocycles. The summed E-state index contributed by atoms with van der Waals surface area (Å²) in [6.45, 7) is 4.21. The molecule has 112 valence electrons. The fourth-order valence-corrected chi connectivity index (χ4v) is 2.07. The number of carbonyl (C=O) groups excluding carboxylic acids is 1. The maximum atomic E-state index is 12.3. The van der Waals surface area contributed by atoms with E-state index in [-0.39, 0.29) is 12.5 Å². The minimum atomic E-state index is -0.718. The Labute approximate surface area is 123 Å². The number of hydrogen-bond donors (Lipinski definition) is 0. The van der Waals surface area contributed by atoms with Crippen LogP contribution >= 0.6 is 0 Å². The van der Waals surface area contributed by atoms with Crippen molar-refractivity contribution in [3.05, 3.63) is 47.1 Å². The lowest BCUT2D eigenvalue weighted by Gasteiger charge is -2.14. The van der Waals surface area contributed by atoms with Crippen LogP contribution < -0.4 is 0 Å². The van der Waals surface area contributed by atoms with E-state index in [1.165, 1.54) is 0 Å². The molecule has 0 amide bonds. The van der Waals surface area contributed by atoms with Crippen LogP contribution in [0.1, 0.15) is 35.7 Å². The fourth-order valence-electron chi connectivity index (χ4n) is 2.07. The summed E-state index contributed by atoms with van der Waals surface area (Å²) in [6.07, 6.45) is 0. The van der Waals surface area contributed by atoms with Gasteiger partial charge in [-0.25, -0.2) is 0 Å². The highest BCUT2D eigenvalue weighted by molar-refractivity contribution is 5.81. The second-order valence-electron chi connectivity index (χ2n) is 4.52. The Balaban J connectivity index is 2.40. The number of carbonyl (C=O) groups is 1. The van der Waals surface area contributed by atoms with Crippen molar-refractivity contribution in [2.75, 3.05) is 13.7 Å². The molecule has 0 aliphatic rings. The maximum Gasteiger partial charge on any atom is 0.323 e. The molecule has 2 rings (SSSR count). The van der Waals surface area contributed by atoms with Crippen LogP contribution in [0.4, 0.5) is 0 Å². The van der Waals surface area contributed by atoms with Crippen molar-refractivity contribution in [2.24, 2.45) is 0 Å². The molecule has 0 spiro atoms. The molecule has 6 nitrogen and oxygen atoms in total. The van der Waals surface area contributed by atoms with E-state index in [4.69, 9.17) is 14.0 Å².